The highest BCUT2D eigenvalue weighted by Crippen LogP contribution is 2.51. The highest BCUT2D eigenvalue weighted by molar-refractivity contribution is 5.50. The molecular weight excluding hydrogens is 422 g/mol. The van der Waals surface area contributed by atoms with E-state index in [1.807, 2.05) is 0 Å². The standard InChI is InChI=1S/C23H30F6O2/c1-3-31-19-13-12-18(20(22(24,25)26)21(19)23(27,28)29)16-6-4-14(5-7-16)15-8-10-17(30-2)11-9-15/h12-17H,3-11H2,1-2H3. The SMILES string of the molecule is CCOc1ccc(C2CCC(C3CCC(OC)CC3)CC2)c(C(F)(F)F)c1C(F)(F)F. The molecule has 0 bridgehead atoms. The van der Waals surface area contributed by atoms with Crippen molar-refractivity contribution in [2.24, 2.45) is 11.8 Å². The van der Waals surface area contributed by atoms with Crippen LogP contribution < -0.4 is 4.74 Å². The van der Waals surface area contributed by atoms with Crippen molar-refractivity contribution in [2.45, 2.75) is 82.7 Å². The second-order valence-corrected chi connectivity index (χ2v) is 8.72. The van der Waals surface area contributed by atoms with E-state index in [2.05, 4.69) is 0 Å². The van der Waals surface area contributed by atoms with Gasteiger partial charge in [0.2, 0.25) is 0 Å². The number of ether oxygens (including phenoxy) is 2. The summed E-state index contributed by atoms with van der Waals surface area (Å²) in [5.74, 6) is -0.330. The fourth-order valence-electron chi connectivity index (χ4n) is 5.50. The summed E-state index contributed by atoms with van der Waals surface area (Å²) in [4.78, 5) is 0. The topological polar surface area (TPSA) is 18.5 Å². The van der Waals surface area contributed by atoms with E-state index in [1.54, 1.807) is 7.11 Å². The Morgan fingerprint density at radius 1 is 0.774 bits per heavy atom. The third-order valence-electron chi connectivity index (χ3n) is 7.00. The van der Waals surface area contributed by atoms with Crippen molar-refractivity contribution in [1.82, 2.24) is 0 Å². The molecule has 0 aromatic heterocycles. The fourth-order valence-corrected chi connectivity index (χ4v) is 5.50. The van der Waals surface area contributed by atoms with Gasteiger partial charge in [-0.1, -0.05) is 6.07 Å². The first-order valence-electron chi connectivity index (χ1n) is 11.0. The maximum Gasteiger partial charge on any atom is 0.420 e. The molecule has 1 aromatic rings. The van der Waals surface area contributed by atoms with Gasteiger partial charge in [0.25, 0.3) is 0 Å². The molecule has 3 rings (SSSR count). The summed E-state index contributed by atoms with van der Waals surface area (Å²) in [6.45, 7) is 1.30. The van der Waals surface area contributed by atoms with Gasteiger partial charge in [0, 0.05) is 7.11 Å². The van der Waals surface area contributed by atoms with Crippen LogP contribution in [0.15, 0.2) is 12.1 Å². The molecule has 0 amide bonds. The van der Waals surface area contributed by atoms with Gasteiger partial charge < -0.3 is 9.47 Å². The van der Waals surface area contributed by atoms with E-state index in [-0.39, 0.29) is 18.3 Å². The third kappa shape index (κ3) is 5.49. The molecule has 2 saturated carbocycles. The molecule has 31 heavy (non-hydrogen) atoms. The average Bonchev–Trinajstić information content (AvgIpc) is 2.72. The van der Waals surface area contributed by atoms with Crippen molar-refractivity contribution in [2.75, 3.05) is 13.7 Å². The molecule has 0 radical (unpaired) electrons. The number of alkyl halides is 6. The van der Waals surface area contributed by atoms with Gasteiger partial charge in [-0.3, -0.25) is 0 Å². The summed E-state index contributed by atoms with van der Waals surface area (Å²) in [7, 11) is 1.71. The predicted octanol–water partition coefficient (Wildman–Crippen LogP) is 7.60. The first-order valence-corrected chi connectivity index (χ1v) is 11.0. The number of methoxy groups -OCH3 is 1. The molecule has 0 saturated heterocycles. The van der Waals surface area contributed by atoms with Gasteiger partial charge >= 0.3 is 12.4 Å². The van der Waals surface area contributed by atoms with Crippen molar-refractivity contribution >= 4 is 0 Å². The molecule has 8 heteroatoms. The van der Waals surface area contributed by atoms with Crippen LogP contribution in [-0.4, -0.2) is 19.8 Å². The van der Waals surface area contributed by atoms with E-state index in [4.69, 9.17) is 9.47 Å². The van der Waals surface area contributed by atoms with Crippen LogP contribution in [0.5, 0.6) is 5.75 Å². The lowest BCUT2D eigenvalue weighted by molar-refractivity contribution is -0.163. The van der Waals surface area contributed by atoms with Crippen molar-refractivity contribution in [3.05, 3.63) is 28.8 Å². The summed E-state index contributed by atoms with van der Waals surface area (Å²) in [6, 6.07) is 2.24. The molecule has 0 aliphatic heterocycles. The summed E-state index contributed by atoms with van der Waals surface area (Å²) in [5.41, 5.74) is -3.51. The molecule has 2 nitrogen and oxygen atoms in total. The van der Waals surface area contributed by atoms with Crippen LogP contribution in [0.4, 0.5) is 26.3 Å². The molecule has 0 unspecified atom stereocenters. The maximum atomic E-state index is 13.9. The zero-order valence-electron chi connectivity index (χ0n) is 17.9. The fraction of sp³-hybridized carbons (Fsp3) is 0.739. The molecule has 2 fully saturated rings. The van der Waals surface area contributed by atoms with Crippen LogP contribution in [0.3, 0.4) is 0 Å². The molecule has 0 N–H and O–H groups in total. The number of hydrogen-bond acceptors (Lipinski definition) is 2. The summed E-state index contributed by atoms with van der Waals surface area (Å²) < 4.78 is 93.0. The lowest BCUT2D eigenvalue weighted by Crippen LogP contribution is -2.28. The average molecular weight is 452 g/mol. The lowest BCUT2D eigenvalue weighted by Gasteiger charge is -2.38. The number of hydrogen-bond donors (Lipinski definition) is 0. The van der Waals surface area contributed by atoms with Gasteiger partial charge in [-0.05, 0) is 87.7 Å². The van der Waals surface area contributed by atoms with Gasteiger partial charge in [-0.15, -0.1) is 0 Å². The Bertz CT molecular complexity index is 727. The second-order valence-electron chi connectivity index (χ2n) is 8.72. The molecule has 2 aliphatic carbocycles. The largest absolute Gasteiger partial charge is 0.493 e. The summed E-state index contributed by atoms with van der Waals surface area (Å²) in [6.07, 6.45) is -3.45. The first kappa shape index (κ1) is 24.2. The van der Waals surface area contributed by atoms with Crippen molar-refractivity contribution < 1.29 is 35.8 Å². The van der Waals surface area contributed by atoms with Gasteiger partial charge in [0.15, 0.2) is 0 Å². The second kappa shape index (κ2) is 9.59. The number of rotatable bonds is 5. The van der Waals surface area contributed by atoms with Crippen molar-refractivity contribution in [1.29, 1.82) is 0 Å². The van der Waals surface area contributed by atoms with Gasteiger partial charge in [-0.25, -0.2) is 0 Å². The molecule has 0 heterocycles. The summed E-state index contributed by atoms with van der Waals surface area (Å²) in [5, 5.41) is 0. The zero-order chi connectivity index (χ0) is 22.8. The molecular formula is C23H30F6O2. The van der Waals surface area contributed by atoms with Crippen LogP contribution in [0, 0.1) is 11.8 Å². The minimum atomic E-state index is -5.15. The quantitative estimate of drug-likeness (QED) is 0.428. The van der Waals surface area contributed by atoms with E-state index >= 15 is 0 Å². The summed E-state index contributed by atoms with van der Waals surface area (Å²) >= 11 is 0. The zero-order valence-corrected chi connectivity index (χ0v) is 17.9. The van der Waals surface area contributed by atoms with E-state index < -0.39 is 35.1 Å². The third-order valence-corrected chi connectivity index (χ3v) is 7.00. The van der Waals surface area contributed by atoms with E-state index in [9.17, 15) is 26.3 Å². The van der Waals surface area contributed by atoms with Gasteiger partial charge in [-0.2, -0.15) is 26.3 Å². The van der Waals surface area contributed by atoms with Crippen LogP contribution in [0.1, 0.15) is 80.9 Å². The number of halogens is 6. The smallest absolute Gasteiger partial charge is 0.420 e. The van der Waals surface area contributed by atoms with Crippen LogP contribution in [-0.2, 0) is 17.1 Å². The van der Waals surface area contributed by atoms with Crippen LogP contribution in [0.25, 0.3) is 0 Å². The molecule has 0 atom stereocenters. The molecule has 0 spiro atoms. The minimum absolute atomic E-state index is 0.143. The Kier molecular flexibility index (Phi) is 7.49. The van der Waals surface area contributed by atoms with E-state index in [0.29, 0.717) is 24.7 Å². The van der Waals surface area contributed by atoms with Gasteiger partial charge in [0.05, 0.1) is 18.3 Å². The Morgan fingerprint density at radius 3 is 1.74 bits per heavy atom. The van der Waals surface area contributed by atoms with Gasteiger partial charge in [0.1, 0.15) is 11.3 Å². The van der Waals surface area contributed by atoms with Crippen molar-refractivity contribution in [3.8, 4) is 5.75 Å². The van der Waals surface area contributed by atoms with Crippen LogP contribution in [0.2, 0.25) is 0 Å². The highest BCUT2D eigenvalue weighted by atomic mass is 19.4. The van der Waals surface area contributed by atoms with E-state index in [0.717, 1.165) is 44.6 Å². The Labute approximate surface area is 179 Å². The molecule has 1 aromatic carbocycles. The Hall–Kier alpha value is -1.44. The van der Waals surface area contributed by atoms with E-state index in [1.165, 1.54) is 13.0 Å². The normalized spacial score (nSPS) is 27.9. The first-order chi connectivity index (χ1) is 14.6. The highest BCUT2D eigenvalue weighted by Gasteiger charge is 2.48. The predicted molar refractivity (Wildman–Crippen MR) is 105 cm³/mol. The minimum Gasteiger partial charge on any atom is -0.493 e. The monoisotopic (exact) mass is 452 g/mol. The molecule has 176 valence electrons. The lowest BCUT2D eigenvalue weighted by atomic mass is 9.69. The molecule has 2 aliphatic rings. The maximum absolute atomic E-state index is 13.9. The van der Waals surface area contributed by atoms with Crippen molar-refractivity contribution in [3.63, 3.8) is 0 Å². The van der Waals surface area contributed by atoms with Crippen LogP contribution >= 0.6 is 0 Å². The number of benzene rings is 1. The Morgan fingerprint density at radius 2 is 1.29 bits per heavy atom. The Balaban J connectivity index is 1.83.